The number of esters is 1. The smallest absolute Gasteiger partial charge is 0.306 e. The minimum absolute atomic E-state index is 0.0967. The number of ether oxygens (including phenoxy) is 1. The Labute approximate surface area is 104 Å². The normalized spacial score (nSPS) is 29.9. The Morgan fingerprint density at radius 3 is 2.94 bits per heavy atom. The molecule has 1 heterocycles. The van der Waals surface area contributed by atoms with Crippen LogP contribution >= 0.6 is 15.9 Å². The average Bonchev–Trinajstić information content (AvgIpc) is 2.24. The van der Waals surface area contributed by atoms with E-state index in [1.807, 2.05) is 31.2 Å². The SMILES string of the molecule is C[C@@H]1CCC(=O)O[C@]1(C)c1cccc(Br)c1. The van der Waals surface area contributed by atoms with E-state index in [9.17, 15) is 4.79 Å². The molecule has 0 saturated carbocycles. The zero-order chi connectivity index (χ0) is 11.8. The second-order valence-electron chi connectivity index (χ2n) is 4.53. The zero-order valence-electron chi connectivity index (χ0n) is 9.50. The molecule has 1 fully saturated rings. The van der Waals surface area contributed by atoms with Gasteiger partial charge in [0.05, 0.1) is 0 Å². The standard InChI is InChI=1S/C13H15BrO2/c1-9-6-7-12(15)16-13(9,2)10-4-3-5-11(14)8-10/h3-5,8-9H,6-7H2,1-2H3/t9-,13+/m1/s1. The van der Waals surface area contributed by atoms with Gasteiger partial charge in [0.2, 0.25) is 0 Å². The highest BCUT2D eigenvalue weighted by molar-refractivity contribution is 9.10. The second kappa shape index (κ2) is 4.21. The molecule has 0 radical (unpaired) electrons. The summed E-state index contributed by atoms with van der Waals surface area (Å²) in [5, 5.41) is 0. The number of carbonyl (C=O) groups is 1. The van der Waals surface area contributed by atoms with Crippen LogP contribution in [0.3, 0.4) is 0 Å². The van der Waals surface area contributed by atoms with Gasteiger partial charge < -0.3 is 4.74 Å². The van der Waals surface area contributed by atoms with E-state index in [1.54, 1.807) is 0 Å². The van der Waals surface area contributed by atoms with Crippen molar-refractivity contribution in [3.05, 3.63) is 34.3 Å². The Morgan fingerprint density at radius 2 is 2.25 bits per heavy atom. The molecular formula is C13H15BrO2. The molecule has 2 rings (SSSR count). The maximum Gasteiger partial charge on any atom is 0.306 e. The van der Waals surface area contributed by atoms with E-state index in [4.69, 9.17) is 4.74 Å². The monoisotopic (exact) mass is 282 g/mol. The number of benzene rings is 1. The van der Waals surface area contributed by atoms with Gasteiger partial charge in [-0.2, -0.15) is 0 Å². The van der Waals surface area contributed by atoms with Crippen LogP contribution in [0.2, 0.25) is 0 Å². The number of cyclic esters (lactones) is 1. The largest absolute Gasteiger partial charge is 0.454 e. The molecule has 1 saturated heterocycles. The first kappa shape index (κ1) is 11.6. The topological polar surface area (TPSA) is 26.3 Å². The fourth-order valence-electron chi connectivity index (χ4n) is 2.14. The van der Waals surface area contributed by atoms with E-state index in [0.29, 0.717) is 12.3 Å². The third-order valence-corrected chi connectivity index (χ3v) is 3.94. The van der Waals surface area contributed by atoms with Crippen LogP contribution < -0.4 is 0 Å². The summed E-state index contributed by atoms with van der Waals surface area (Å²) >= 11 is 3.45. The Hall–Kier alpha value is -0.830. The number of rotatable bonds is 1. The van der Waals surface area contributed by atoms with Gasteiger partial charge in [0.15, 0.2) is 0 Å². The maximum absolute atomic E-state index is 11.4. The van der Waals surface area contributed by atoms with E-state index in [0.717, 1.165) is 16.5 Å². The molecular weight excluding hydrogens is 268 g/mol. The van der Waals surface area contributed by atoms with Crippen molar-refractivity contribution >= 4 is 21.9 Å². The molecule has 16 heavy (non-hydrogen) atoms. The number of hydrogen-bond acceptors (Lipinski definition) is 2. The minimum atomic E-state index is -0.487. The van der Waals surface area contributed by atoms with Crippen molar-refractivity contribution in [3.8, 4) is 0 Å². The lowest BCUT2D eigenvalue weighted by Crippen LogP contribution is -2.40. The summed E-state index contributed by atoms with van der Waals surface area (Å²) < 4.78 is 6.58. The van der Waals surface area contributed by atoms with Gasteiger partial charge >= 0.3 is 5.97 Å². The third-order valence-electron chi connectivity index (χ3n) is 3.45. The second-order valence-corrected chi connectivity index (χ2v) is 5.45. The van der Waals surface area contributed by atoms with Gasteiger partial charge in [-0.25, -0.2) is 0 Å². The first-order valence-electron chi connectivity index (χ1n) is 5.50. The molecule has 1 aromatic rings. The molecule has 0 bridgehead atoms. The molecule has 0 spiro atoms. The van der Waals surface area contributed by atoms with Crippen LogP contribution in [-0.4, -0.2) is 5.97 Å². The predicted octanol–water partition coefficient (Wildman–Crippen LogP) is 3.64. The summed E-state index contributed by atoms with van der Waals surface area (Å²) in [7, 11) is 0. The molecule has 0 N–H and O–H groups in total. The van der Waals surface area contributed by atoms with Crippen molar-refractivity contribution in [3.63, 3.8) is 0 Å². The Kier molecular flexibility index (Phi) is 3.06. The molecule has 3 heteroatoms. The van der Waals surface area contributed by atoms with Crippen molar-refractivity contribution < 1.29 is 9.53 Å². The lowest BCUT2D eigenvalue weighted by molar-refractivity contribution is -0.174. The Balaban J connectivity index is 2.39. The van der Waals surface area contributed by atoms with Gasteiger partial charge in [-0.3, -0.25) is 4.79 Å². The number of halogens is 1. The van der Waals surface area contributed by atoms with Gasteiger partial charge in [-0.15, -0.1) is 0 Å². The highest BCUT2D eigenvalue weighted by Crippen LogP contribution is 2.40. The van der Waals surface area contributed by atoms with Gasteiger partial charge in [-0.05, 0) is 31.0 Å². The van der Waals surface area contributed by atoms with Crippen LogP contribution in [0.5, 0.6) is 0 Å². The minimum Gasteiger partial charge on any atom is -0.454 e. The van der Waals surface area contributed by atoms with E-state index < -0.39 is 5.60 Å². The highest BCUT2D eigenvalue weighted by atomic mass is 79.9. The highest BCUT2D eigenvalue weighted by Gasteiger charge is 2.40. The summed E-state index contributed by atoms with van der Waals surface area (Å²) in [5.41, 5.74) is 0.571. The summed E-state index contributed by atoms with van der Waals surface area (Å²) in [5.74, 6) is 0.250. The summed E-state index contributed by atoms with van der Waals surface area (Å²) in [6.07, 6.45) is 1.42. The molecule has 1 aliphatic heterocycles. The summed E-state index contributed by atoms with van der Waals surface area (Å²) in [6.45, 7) is 4.13. The van der Waals surface area contributed by atoms with Crippen LogP contribution in [0.4, 0.5) is 0 Å². The van der Waals surface area contributed by atoms with Crippen molar-refractivity contribution in [2.75, 3.05) is 0 Å². The van der Waals surface area contributed by atoms with Crippen LogP contribution in [0.1, 0.15) is 32.3 Å². The van der Waals surface area contributed by atoms with Crippen molar-refractivity contribution in [1.82, 2.24) is 0 Å². The predicted molar refractivity (Wildman–Crippen MR) is 66.0 cm³/mol. The van der Waals surface area contributed by atoms with Crippen LogP contribution in [0.15, 0.2) is 28.7 Å². The van der Waals surface area contributed by atoms with Gasteiger partial charge in [-0.1, -0.05) is 35.0 Å². The molecule has 0 aliphatic carbocycles. The Bertz CT molecular complexity index is 416. The molecule has 1 aromatic carbocycles. The van der Waals surface area contributed by atoms with Crippen LogP contribution in [0, 0.1) is 5.92 Å². The van der Waals surface area contributed by atoms with Gasteiger partial charge in [0.1, 0.15) is 5.60 Å². The van der Waals surface area contributed by atoms with E-state index in [1.165, 1.54) is 0 Å². The molecule has 0 aromatic heterocycles. The van der Waals surface area contributed by atoms with Crippen molar-refractivity contribution in [2.45, 2.75) is 32.3 Å². The van der Waals surface area contributed by atoms with Crippen LogP contribution in [-0.2, 0) is 15.1 Å². The summed E-state index contributed by atoms with van der Waals surface area (Å²) in [4.78, 5) is 11.4. The lowest BCUT2D eigenvalue weighted by atomic mass is 9.79. The molecule has 2 nitrogen and oxygen atoms in total. The Morgan fingerprint density at radius 1 is 1.50 bits per heavy atom. The summed E-state index contributed by atoms with van der Waals surface area (Å²) in [6, 6.07) is 7.98. The molecule has 0 amide bonds. The van der Waals surface area contributed by atoms with Crippen LogP contribution in [0.25, 0.3) is 0 Å². The number of carbonyl (C=O) groups excluding carboxylic acids is 1. The third kappa shape index (κ3) is 2.01. The number of hydrogen-bond donors (Lipinski definition) is 0. The average molecular weight is 283 g/mol. The lowest BCUT2D eigenvalue weighted by Gasteiger charge is -2.39. The maximum atomic E-state index is 11.4. The first-order valence-corrected chi connectivity index (χ1v) is 6.29. The molecule has 2 atom stereocenters. The first-order chi connectivity index (χ1) is 7.52. The van der Waals surface area contributed by atoms with E-state index >= 15 is 0 Å². The van der Waals surface area contributed by atoms with E-state index in [2.05, 4.69) is 22.9 Å². The molecule has 1 aliphatic rings. The van der Waals surface area contributed by atoms with E-state index in [-0.39, 0.29) is 5.97 Å². The van der Waals surface area contributed by atoms with Gasteiger partial charge in [0, 0.05) is 16.8 Å². The van der Waals surface area contributed by atoms with Crippen molar-refractivity contribution in [1.29, 1.82) is 0 Å². The molecule has 0 unspecified atom stereocenters. The zero-order valence-corrected chi connectivity index (χ0v) is 11.1. The fraction of sp³-hybridized carbons (Fsp3) is 0.462. The van der Waals surface area contributed by atoms with Gasteiger partial charge in [0.25, 0.3) is 0 Å². The quantitative estimate of drug-likeness (QED) is 0.735. The fourth-order valence-corrected chi connectivity index (χ4v) is 2.54. The van der Waals surface area contributed by atoms with Crippen molar-refractivity contribution in [2.24, 2.45) is 5.92 Å². The molecule has 86 valence electrons.